The molecule has 82 valence electrons. The first-order chi connectivity index (χ1) is 7.01. The highest BCUT2D eigenvalue weighted by molar-refractivity contribution is 9.09. The molecule has 0 bridgehead atoms. The van der Waals surface area contributed by atoms with Crippen LogP contribution in [0.25, 0.3) is 6.08 Å². The molecule has 0 radical (unpaired) electrons. The average Bonchev–Trinajstić information content (AvgIpc) is 2.12. The number of benzene rings is 1. The molecule has 0 aliphatic rings. The van der Waals surface area contributed by atoms with Gasteiger partial charge in [-0.25, -0.2) is 0 Å². The van der Waals surface area contributed by atoms with Crippen LogP contribution in [0.4, 0.5) is 13.2 Å². The number of allylic oxidation sites excluding steroid dienone is 1. The molecule has 0 aliphatic carbocycles. The highest BCUT2D eigenvalue weighted by atomic mass is 79.9. The molecule has 0 fully saturated rings. The van der Waals surface area contributed by atoms with Gasteiger partial charge in [-0.1, -0.05) is 40.2 Å². The Bertz CT molecular complexity index is 347. The maximum Gasteiger partial charge on any atom is 0.446 e. The van der Waals surface area contributed by atoms with E-state index in [-0.39, 0.29) is 16.7 Å². The monoisotopic (exact) mass is 296 g/mol. The number of rotatable bonds is 3. The lowest BCUT2D eigenvalue weighted by atomic mass is 10.2. The number of alkyl halides is 4. The number of halogens is 4. The van der Waals surface area contributed by atoms with Gasteiger partial charge in [-0.15, -0.1) is 0 Å². The summed E-state index contributed by atoms with van der Waals surface area (Å²) >= 11 is 3.10. The predicted molar refractivity (Wildman–Crippen MR) is 61.2 cm³/mol. The fourth-order valence-electron chi connectivity index (χ4n) is 0.996. The molecule has 0 atom stereocenters. The van der Waals surface area contributed by atoms with Gasteiger partial charge < -0.3 is 0 Å². The van der Waals surface area contributed by atoms with Crippen molar-refractivity contribution < 1.29 is 13.2 Å². The zero-order valence-electron chi connectivity index (χ0n) is 7.59. The van der Waals surface area contributed by atoms with E-state index in [4.69, 9.17) is 0 Å². The van der Waals surface area contributed by atoms with Gasteiger partial charge in [0.2, 0.25) is 0 Å². The third-order valence-corrected chi connectivity index (χ3v) is 2.59. The van der Waals surface area contributed by atoms with E-state index in [1.54, 1.807) is 18.2 Å². The standard InChI is InChI=1S/C10H8BrF3S/c11-6-2-4-8-3-1-5-9(7-8)15-10(12,13)14/h1-5,7H,6H2. The minimum Gasteiger partial charge on any atom is -0.160 e. The maximum absolute atomic E-state index is 12.1. The van der Waals surface area contributed by atoms with Crippen molar-refractivity contribution in [3.63, 3.8) is 0 Å². The fourth-order valence-corrected chi connectivity index (χ4v) is 1.79. The van der Waals surface area contributed by atoms with Crippen LogP contribution in [0.5, 0.6) is 0 Å². The van der Waals surface area contributed by atoms with Gasteiger partial charge in [0, 0.05) is 10.2 Å². The van der Waals surface area contributed by atoms with Crippen molar-refractivity contribution in [3.8, 4) is 0 Å². The molecule has 0 amide bonds. The van der Waals surface area contributed by atoms with E-state index in [0.717, 1.165) is 5.56 Å². The number of hydrogen-bond donors (Lipinski definition) is 0. The van der Waals surface area contributed by atoms with Crippen molar-refractivity contribution in [2.75, 3.05) is 5.33 Å². The highest BCUT2D eigenvalue weighted by Gasteiger charge is 2.28. The molecule has 0 saturated carbocycles. The third kappa shape index (κ3) is 5.28. The Kier molecular flexibility index (Phi) is 4.73. The van der Waals surface area contributed by atoms with Crippen LogP contribution in [-0.4, -0.2) is 10.8 Å². The van der Waals surface area contributed by atoms with Crippen LogP contribution in [0.2, 0.25) is 0 Å². The molecule has 5 heteroatoms. The van der Waals surface area contributed by atoms with Crippen LogP contribution in [0.15, 0.2) is 35.2 Å². The first kappa shape index (κ1) is 12.6. The minimum absolute atomic E-state index is 0.0972. The molecule has 15 heavy (non-hydrogen) atoms. The Morgan fingerprint density at radius 2 is 2.07 bits per heavy atom. The molecule has 0 spiro atoms. The normalized spacial score (nSPS) is 12.3. The molecule has 0 heterocycles. The molecular weight excluding hydrogens is 289 g/mol. The van der Waals surface area contributed by atoms with Gasteiger partial charge in [0.1, 0.15) is 0 Å². The summed E-state index contributed by atoms with van der Waals surface area (Å²) in [5.41, 5.74) is -3.46. The van der Waals surface area contributed by atoms with Gasteiger partial charge >= 0.3 is 5.51 Å². The second kappa shape index (κ2) is 5.61. The summed E-state index contributed by atoms with van der Waals surface area (Å²) in [6.07, 6.45) is 3.60. The molecular formula is C10H8BrF3S. The van der Waals surface area contributed by atoms with Crippen molar-refractivity contribution in [1.29, 1.82) is 0 Å². The Morgan fingerprint density at radius 3 is 2.67 bits per heavy atom. The largest absolute Gasteiger partial charge is 0.446 e. The summed E-state index contributed by atoms with van der Waals surface area (Å²) < 4.78 is 36.2. The van der Waals surface area contributed by atoms with Crippen LogP contribution in [0.3, 0.4) is 0 Å². The molecule has 1 aromatic rings. The van der Waals surface area contributed by atoms with E-state index in [2.05, 4.69) is 15.9 Å². The van der Waals surface area contributed by atoms with Gasteiger partial charge in [-0.05, 0) is 29.5 Å². The summed E-state index contributed by atoms with van der Waals surface area (Å²) in [5.74, 6) is 0. The lowest BCUT2D eigenvalue weighted by Crippen LogP contribution is -1.98. The first-order valence-electron chi connectivity index (χ1n) is 4.09. The summed E-state index contributed by atoms with van der Waals surface area (Å²) in [4.78, 5) is 0.208. The lowest BCUT2D eigenvalue weighted by Gasteiger charge is -2.05. The van der Waals surface area contributed by atoms with Crippen LogP contribution in [0.1, 0.15) is 5.56 Å². The Hall–Kier alpha value is -0.420. The minimum atomic E-state index is -4.22. The summed E-state index contributed by atoms with van der Waals surface area (Å²) in [7, 11) is 0. The van der Waals surface area contributed by atoms with Crippen molar-refractivity contribution in [2.45, 2.75) is 10.4 Å². The van der Waals surface area contributed by atoms with Gasteiger partial charge in [0.15, 0.2) is 0 Å². The van der Waals surface area contributed by atoms with Crippen LogP contribution < -0.4 is 0 Å². The van der Waals surface area contributed by atoms with E-state index in [1.165, 1.54) is 12.1 Å². The van der Waals surface area contributed by atoms with E-state index in [9.17, 15) is 13.2 Å². The highest BCUT2D eigenvalue weighted by Crippen LogP contribution is 2.36. The zero-order valence-corrected chi connectivity index (χ0v) is 9.99. The molecule has 0 aromatic heterocycles. The third-order valence-electron chi connectivity index (χ3n) is 1.49. The SMILES string of the molecule is FC(F)(F)Sc1cccc(C=CCBr)c1. The topological polar surface area (TPSA) is 0 Å². The van der Waals surface area contributed by atoms with Crippen molar-refractivity contribution in [1.82, 2.24) is 0 Å². The number of thioether (sulfide) groups is 1. The van der Waals surface area contributed by atoms with Crippen molar-refractivity contribution in [3.05, 3.63) is 35.9 Å². The van der Waals surface area contributed by atoms with Gasteiger partial charge in [0.25, 0.3) is 0 Å². The van der Waals surface area contributed by atoms with E-state index in [1.807, 2.05) is 6.08 Å². The quantitative estimate of drug-likeness (QED) is 0.575. The maximum atomic E-state index is 12.1. The van der Waals surface area contributed by atoms with Crippen LogP contribution >= 0.6 is 27.7 Å². The van der Waals surface area contributed by atoms with Gasteiger partial charge in [0.05, 0.1) is 0 Å². The van der Waals surface area contributed by atoms with E-state index >= 15 is 0 Å². The van der Waals surface area contributed by atoms with Gasteiger partial charge in [-0.2, -0.15) is 13.2 Å². The number of hydrogen-bond acceptors (Lipinski definition) is 1. The molecule has 0 unspecified atom stereocenters. The van der Waals surface area contributed by atoms with Crippen molar-refractivity contribution >= 4 is 33.8 Å². The van der Waals surface area contributed by atoms with Crippen LogP contribution in [0, 0.1) is 0 Å². The summed E-state index contributed by atoms with van der Waals surface area (Å²) in [5, 5.41) is 0.684. The lowest BCUT2D eigenvalue weighted by molar-refractivity contribution is -0.0328. The van der Waals surface area contributed by atoms with Crippen molar-refractivity contribution in [2.24, 2.45) is 0 Å². The molecule has 0 nitrogen and oxygen atoms in total. The Morgan fingerprint density at radius 1 is 1.33 bits per heavy atom. The average molecular weight is 297 g/mol. The summed E-state index contributed by atoms with van der Waals surface area (Å²) in [6.45, 7) is 0. The molecule has 0 N–H and O–H groups in total. The second-order valence-electron chi connectivity index (χ2n) is 2.68. The van der Waals surface area contributed by atoms with Crippen LogP contribution in [-0.2, 0) is 0 Å². The smallest absolute Gasteiger partial charge is 0.160 e. The van der Waals surface area contributed by atoms with E-state index < -0.39 is 5.51 Å². The molecule has 1 aromatic carbocycles. The predicted octanol–water partition coefficient (Wildman–Crippen LogP) is 4.71. The molecule has 0 saturated heterocycles. The second-order valence-corrected chi connectivity index (χ2v) is 4.46. The molecule has 0 aliphatic heterocycles. The Balaban J connectivity index is 2.79. The molecule has 1 rings (SSSR count). The first-order valence-corrected chi connectivity index (χ1v) is 6.03. The Labute approximate surface area is 98.7 Å². The van der Waals surface area contributed by atoms with E-state index in [0.29, 0.717) is 5.33 Å². The summed E-state index contributed by atoms with van der Waals surface area (Å²) in [6, 6.07) is 6.34. The van der Waals surface area contributed by atoms with Gasteiger partial charge in [-0.3, -0.25) is 0 Å². The zero-order chi connectivity index (χ0) is 11.3. The fraction of sp³-hybridized carbons (Fsp3) is 0.200.